The van der Waals surface area contributed by atoms with Crippen LogP contribution in [0.25, 0.3) is 0 Å². The molecule has 5 nitrogen and oxygen atoms in total. The number of anilines is 1. The molecule has 5 heteroatoms. The first-order chi connectivity index (χ1) is 12.5. The Morgan fingerprint density at radius 3 is 2.62 bits per heavy atom. The third-order valence-corrected chi connectivity index (χ3v) is 4.69. The average Bonchev–Trinajstić information content (AvgIpc) is 2.96. The van der Waals surface area contributed by atoms with E-state index in [-0.39, 0.29) is 17.9 Å². The number of carbonyl (C=O) groups excluding carboxylic acids is 2. The number of rotatable bonds is 6. The summed E-state index contributed by atoms with van der Waals surface area (Å²) in [4.78, 5) is 26.5. The van der Waals surface area contributed by atoms with Gasteiger partial charge in [-0.3, -0.25) is 9.59 Å². The van der Waals surface area contributed by atoms with Gasteiger partial charge in [-0.05, 0) is 54.8 Å². The molecular formula is C21H24N2O3. The summed E-state index contributed by atoms with van der Waals surface area (Å²) in [5.74, 6) is 0.746. The maximum Gasteiger partial charge on any atom is 0.251 e. The fourth-order valence-corrected chi connectivity index (χ4v) is 3.25. The lowest BCUT2D eigenvalue weighted by Crippen LogP contribution is -2.27. The van der Waals surface area contributed by atoms with Crippen LogP contribution in [-0.2, 0) is 11.2 Å². The van der Waals surface area contributed by atoms with Gasteiger partial charge in [-0.25, -0.2) is 0 Å². The van der Waals surface area contributed by atoms with Crippen molar-refractivity contribution in [3.63, 3.8) is 0 Å². The van der Waals surface area contributed by atoms with Crippen LogP contribution in [0.3, 0.4) is 0 Å². The lowest BCUT2D eigenvalue weighted by Gasteiger charge is -2.17. The van der Waals surface area contributed by atoms with Gasteiger partial charge in [0, 0.05) is 17.8 Å². The highest BCUT2D eigenvalue weighted by atomic mass is 16.5. The minimum absolute atomic E-state index is 0.103. The number of fused-ring (bicyclic) bond motifs is 1. The fraction of sp³-hybridized carbons (Fsp3) is 0.333. The van der Waals surface area contributed by atoms with Gasteiger partial charge >= 0.3 is 0 Å². The molecule has 136 valence electrons. The Bertz CT molecular complexity index is 815. The number of nitrogens with zero attached hydrogens (tertiary/aromatic N) is 1. The molecule has 0 saturated heterocycles. The van der Waals surface area contributed by atoms with Crippen LogP contribution in [0.15, 0.2) is 42.5 Å². The Morgan fingerprint density at radius 1 is 1.23 bits per heavy atom. The molecule has 1 heterocycles. The van der Waals surface area contributed by atoms with E-state index in [4.69, 9.17) is 4.74 Å². The number of carbonyl (C=O) groups is 2. The molecule has 0 fully saturated rings. The zero-order valence-electron chi connectivity index (χ0n) is 15.4. The molecule has 2 amide bonds. The topological polar surface area (TPSA) is 58.6 Å². The molecule has 1 aliphatic heterocycles. The van der Waals surface area contributed by atoms with Gasteiger partial charge in [0.25, 0.3) is 5.91 Å². The number of amides is 2. The van der Waals surface area contributed by atoms with E-state index in [1.54, 1.807) is 18.1 Å². The molecule has 26 heavy (non-hydrogen) atoms. The summed E-state index contributed by atoms with van der Waals surface area (Å²) >= 11 is 0. The zero-order chi connectivity index (χ0) is 18.7. The van der Waals surface area contributed by atoms with E-state index in [1.165, 1.54) is 0 Å². The fourth-order valence-electron chi connectivity index (χ4n) is 3.25. The van der Waals surface area contributed by atoms with Gasteiger partial charge < -0.3 is 15.0 Å². The van der Waals surface area contributed by atoms with Gasteiger partial charge in [-0.2, -0.15) is 0 Å². The predicted octanol–water partition coefficient (Wildman–Crippen LogP) is 3.49. The molecule has 2 aromatic carbocycles. The second kappa shape index (κ2) is 7.60. The summed E-state index contributed by atoms with van der Waals surface area (Å²) < 4.78 is 5.16. The van der Waals surface area contributed by atoms with Crippen LogP contribution in [0.4, 0.5) is 5.69 Å². The van der Waals surface area contributed by atoms with Crippen LogP contribution < -0.4 is 15.0 Å². The van der Waals surface area contributed by atoms with Crippen molar-refractivity contribution in [1.82, 2.24) is 5.32 Å². The molecule has 0 bridgehead atoms. The van der Waals surface area contributed by atoms with Crippen LogP contribution in [-0.4, -0.2) is 25.5 Å². The molecule has 0 saturated carbocycles. The Hall–Kier alpha value is -2.82. The van der Waals surface area contributed by atoms with Crippen molar-refractivity contribution in [1.29, 1.82) is 0 Å². The molecule has 1 unspecified atom stereocenters. The second-order valence-electron chi connectivity index (χ2n) is 6.53. The lowest BCUT2D eigenvalue weighted by molar-refractivity contribution is -0.117. The molecule has 0 aliphatic carbocycles. The van der Waals surface area contributed by atoms with E-state index in [0.29, 0.717) is 18.5 Å². The van der Waals surface area contributed by atoms with Gasteiger partial charge in [0.15, 0.2) is 0 Å². The van der Waals surface area contributed by atoms with Crippen LogP contribution >= 0.6 is 0 Å². The Labute approximate surface area is 154 Å². The number of benzene rings is 2. The van der Waals surface area contributed by atoms with Gasteiger partial charge in [0.2, 0.25) is 5.91 Å². The average molecular weight is 352 g/mol. The highest BCUT2D eigenvalue weighted by molar-refractivity contribution is 6.03. The number of nitrogens with one attached hydrogen (secondary N) is 1. The van der Waals surface area contributed by atoms with Crippen molar-refractivity contribution in [2.24, 2.45) is 0 Å². The summed E-state index contributed by atoms with van der Waals surface area (Å²) in [5.41, 5.74) is 3.43. The van der Waals surface area contributed by atoms with E-state index < -0.39 is 0 Å². The SMILES string of the molecule is CCCN1C(=O)Cc2cc(C(=O)NC(C)c3ccc(OC)cc3)ccc21. The Balaban J connectivity index is 1.72. The second-order valence-corrected chi connectivity index (χ2v) is 6.53. The van der Waals surface area contributed by atoms with E-state index in [2.05, 4.69) is 5.32 Å². The molecule has 0 radical (unpaired) electrons. The minimum atomic E-state index is -0.141. The lowest BCUT2D eigenvalue weighted by atomic mass is 10.1. The molecule has 1 aliphatic rings. The van der Waals surface area contributed by atoms with E-state index in [9.17, 15) is 9.59 Å². The monoisotopic (exact) mass is 352 g/mol. The molecule has 0 aromatic heterocycles. The van der Waals surface area contributed by atoms with Crippen molar-refractivity contribution >= 4 is 17.5 Å². The highest BCUT2D eigenvalue weighted by Crippen LogP contribution is 2.30. The maximum absolute atomic E-state index is 12.6. The summed E-state index contributed by atoms with van der Waals surface area (Å²) in [6.07, 6.45) is 1.28. The normalized spacial score (nSPS) is 14.1. The number of hydrogen-bond acceptors (Lipinski definition) is 3. The predicted molar refractivity (Wildman–Crippen MR) is 102 cm³/mol. The molecule has 1 atom stereocenters. The van der Waals surface area contributed by atoms with Gasteiger partial charge in [0.05, 0.1) is 19.6 Å². The van der Waals surface area contributed by atoms with Gasteiger partial charge in [-0.1, -0.05) is 19.1 Å². The van der Waals surface area contributed by atoms with E-state index in [1.807, 2.05) is 50.2 Å². The maximum atomic E-state index is 12.6. The smallest absolute Gasteiger partial charge is 0.251 e. The van der Waals surface area contributed by atoms with Crippen LogP contribution in [0.5, 0.6) is 5.75 Å². The molecule has 0 spiro atoms. The molecular weight excluding hydrogens is 328 g/mol. The first-order valence-electron chi connectivity index (χ1n) is 8.91. The quantitative estimate of drug-likeness (QED) is 0.866. The van der Waals surface area contributed by atoms with Gasteiger partial charge in [0.1, 0.15) is 5.75 Å². The number of hydrogen-bond donors (Lipinski definition) is 1. The summed E-state index contributed by atoms with van der Waals surface area (Å²) in [6, 6.07) is 13.0. The van der Waals surface area contributed by atoms with Crippen LogP contribution in [0, 0.1) is 0 Å². The summed E-state index contributed by atoms with van der Waals surface area (Å²) in [6.45, 7) is 4.71. The minimum Gasteiger partial charge on any atom is -0.497 e. The van der Waals surface area contributed by atoms with Crippen molar-refractivity contribution in [3.8, 4) is 5.75 Å². The van der Waals surface area contributed by atoms with Crippen molar-refractivity contribution in [3.05, 3.63) is 59.2 Å². The molecule has 2 aromatic rings. The van der Waals surface area contributed by atoms with Crippen molar-refractivity contribution in [2.75, 3.05) is 18.6 Å². The van der Waals surface area contributed by atoms with Crippen LogP contribution in [0.2, 0.25) is 0 Å². The van der Waals surface area contributed by atoms with Crippen LogP contribution in [0.1, 0.15) is 47.8 Å². The zero-order valence-corrected chi connectivity index (χ0v) is 15.4. The van der Waals surface area contributed by atoms with E-state index >= 15 is 0 Å². The highest BCUT2D eigenvalue weighted by Gasteiger charge is 2.27. The Morgan fingerprint density at radius 2 is 1.96 bits per heavy atom. The van der Waals surface area contributed by atoms with E-state index in [0.717, 1.165) is 29.0 Å². The standard InChI is InChI=1S/C21H24N2O3/c1-4-11-23-19-10-7-16(12-17(19)13-20(23)24)21(25)22-14(2)15-5-8-18(26-3)9-6-15/h5-10,12,14H,4,11,13H2,1-3H3,(H,22,25). The summed E-state index contributed by atoms with van der Waals surface area (Å²) in [7, 11) is 1.63. The summed E-state index contributed by atoms with van der Waals surface area (Å²) in [5, 5.41) is 3.01. The number of methoxy groups -OCH3 is 1. The largest absolute Gasteiger partial charge is 0.497 e. The third-order valence-electron chi connectivity index (χ3n) is 4.69. The Kier molecular flexibility index (Phi) is 5.26. The first kappa shape index (κ1) is 18.0. The van der Waals surface area contributed by atoms with Gasteiger partial charge in [-0.15, -0.1) is 0 Å². The number of ether oxygens (including phenoxy) is 1. The molecule has 3 rings (SSSR count). The third kappa shape index (κ3) is 3.57. The van der Waals surface area contributed by atoms with Crippen molar-refractivity contribution in [2.45, 2.75) is 32.7 Å². The first-order valence-corrected chi connectivity index (χ1v) is 8.91. The van der Waals surface area contributed by atoms with Crippen molar-refractivity contribution < 1.29 is 14.3 Å². The molecule has 1 N–H and O–H groups in total.